The van der Waals surface area contributed by atoms with Gasteiger partial charge in [0.1, 0.15) is 5.75 Å². The number of halogens is 3. The van der Waals surface area contributed by atoms with Gasteiger partial charge in [-0.2, -0.15) is 18.4 Å². The average Bonchev–Trinajstić information content (AvgIpc) is 2.06. The number of hydrogen-bond donors (Lipinski definition) is 1. The topological polar surface area (TPSA) is 44.0 Å². The van der Waals surface area contributed by atoms with Crippen LogP contribution < -0.4 is 0 Å². The molecule has 0 unspecified atom stereocenters. The lowest BCUT2D eigenvalue weighted by Crippen LogP contribution is -2.12. The van der Waals surface area contributed by atoms with Crippen molar-refractivity contribution in [3.63, 3.8) is 0 Å². The van der Waals surface area contributed by atoms with E-state index >= 15 is 0 Å². The predicted molar refractivity (Wildman–Crippen MR) is 42.6 cm³/mol. The van der Waals surface area contributed by atoms with Crippen molar-refractivity contribution in [1.82, 2.24) is 0 Å². The molecule has 0 aliphatic rings. The van der Waals surface area contributed by atoms with Crippen LogP contribution >= 0.6 is 0 Å². The lowest BCUT2D eigenvalue weighted by atomic mass is 10.1. The summed E-state index contributed by atoms with van der Waals surface area (Å²) in [5.41, 5.74) is -0.278. The number of hydrogen-bond acceptors (Lipinski definition) is 2. The Hall–Kier alpha value is -1.70. The van der Waals surface area contributed by atoms with E-state index in [1.165, 1.54) is 0 Å². The van der Waals surface area contributed by atoms with E-state index in [4.69, 9.17) is 10.4 Å². The maximum Gasteiger partial charge on any atom is 0.393 e. The molecule has 1 aromatic carbocycles. The summed E-state index contributed by atoms with van der Waals surface area (Å²) in [5.74, 6) is -0.215. The minimum atomic E-state index is -4.34. The molecule has 0 radical (unpaired) electrons. The van der Waals surface area contributed by atoms with Gasteiger partial charge in [-0.1, -0.05) is 6.07 Å². The lowest BCUT2D eigenvalue weighted by molar-refractivity contribution is -0.127. The molecule has 0 fully saturated rings. The van der Waals surface area contributed by atoms with E-state index in [2.05, 4.69) is 0 Å². The maximum atomic E-state index is 12.0. The lowest BCUT2D eigenvalue weighted by Gasteiger charge is -2.07. The summed E-state index contributed by atoms with van der Waals surface area (Å²) < 4.78 is 36.0. The highest BCUT2D eigenvalue weighted by atomic mass is 19.4. The van der Waals surface area contributed by atoms with Crippen molar-refractivity contribution >= 4 is 0 Å². The molecule has 0 aliphatic heterocycles. The van der Waals surface area contributed by atoms with Gasteiger partial charge in [-0.05, 0) is 17.7 Å². The van der Waals surface area contributed by atoms with Crippen LogP contribution in [0, 0.1) is 11.3 Å². The van der Waals surface area contributed by atoms with Gasteiger partial charge < -0.3 is 5.11 Å². The summed E-state index contributed by atoms with van der Waals surface area (Å²) >= 11 is 0. The minimum absolute atomic E-state index is 0.127. The second-order valence-electron chi connectivity index (χ2n) is 2.75. The Labute approximate surface area is 78.2 Å². The van der Waals surface area contributed by atoms with E-state index in [1.54, 1.807) is 6.07 Å². The zero-order valence-electron chi connectivity index (χ0n) is 6.97. The van der Waals surface area contributed by atoms with Gasteiger partial charge in [0.2, 0.25) is 0 Å². The van der Waals surface area contributed by atoms with Gasteiger partial charge in [0, 0.05) is 0 Å². The number of benzene rings is 1. The standard InChI is InChI=1S/C9H6F3NO/c10-9(11,12)4-6-1-2-8(14)3-7(6)5-13/h1-3,14H,4H2. The fourth-order valence-electron chi connectivity index (χ4n) is 1.04. The molecule has 1 N–H and O–H groups in total. The van der Waals surface area contributed by atoms with Gasteiger partial charge >= 0.3 is 6.18 Å². The zero-order valence-corrected chi connectivity index (χ0v) is 6.97. The quantitative estimate of drug-likeness (QED) is 0.757. The summed E-state index contributed by atoms with van der Waals surface area (Å²) in [7, 11) is 0. The zero-order chi connectivity index (χ0) is 10.8. The van der Waals surface area contributed by atoms with E-state index < -0.39 is 12.6 Å². The third-order valence-corrected chi connectivity index (χ3v) is 1.60. The van der Waals surface area contributed by atoms with Gasteiger partial charge in [-0.3, -0.25) is 0 Å². The van der Waals surface area contributed by atoms with Crippen molar-refractivity contribution in [2.45, 2.75) is 12.6 Å². The Kier molecular flexibility index (Phi) is 2.65. The molecule has 0 aromatic heterocycles. The average molecular weight is 201 g/mol. The molecule has 0 saturated heterocycles. The molecule has 0 heterocycles. The molecule has 1 aromatic rings. The monoisotopic (exact) mass is 201 g/mol. The molecule has 1 rings (SSSR count). The largest absolute Gasteiger partial charge is 0.508 e. The normalized spacial score (nSPS) is 11.0. The maximum absolute atomic E-state index is 12.0. The Morgan fingerprint density at radius 3 is 2.50 bits per heavy atom. The third-order valence-electron chi connectivity index (χ3n) is 1.60. The summed E-state index contributed by atoms with van der Waals surface area (Å²) in [5, 5.41) is 17.4. The molecule has 0 spiro atoms. The number of nitriles is 1. The van der Waals surface area contributed by atoms with Crippen LogP contribution in [0.15, 0.2) is 18.2 Å². The molecule has 2 nitrogen and oxygen atoms in total. The molecule has 0 aliphatic carbocycles. The van der Waals surface area contributed by atoms with Crippen LogP contribution in [-0.2, 0) is 6.42 Å². The number of phenolic OH excluding ortho intramolecular Hbond substituents is 1. The first kappa shape index (κ1) is 10.4. The smallest absolute Gasteiger partial charge is 0.393 e. The summed E-state index contributed by atoms with van der Waals surface area (Å²) in [6.07, 6.45) is -5.50. The van der Waals surface area contributed by atoms with Crippen molar-refractivity contribution in [3.05, 3.63) is 29.3 Å². The second-order valence-corrected chi connectivity index (χ2v) is 2.75. The first-order chi connectivity index (χ1) is 6.42. The summed E-state index contributed by atoms with van der Waals surface area (Å²) in [6.45, 7) is 0. The van der Waals surface area contributed by atoms with Crippen LogP contribution in [0.5, 0.6) is 5.75 Å². The molecule has 0 amide bonds. The number of alkyl halides is 3. The van der Waals surface area contributed by atoms with E-state index in [-0.39, 0.29) is 16.9 Å². The number of phenols is 1. The molecule has 0 bridgehead atoms. The van der Waals surface area contributed by atoms with Crippen LogP contribution in [0.3, 0.4) is 0 Å². The van der Waals surface area contributed by atoms with Gasteiger partial charge in [0.05, 0.1) is 18.1 Å². The number of rotatable bonds is 1. The van der Waals surface area contributed by atoms with E-state index in [1.807, 2.05) is 0 Å². The third kappa shape index (κ3) is 2.66. The molecule has 14 heavy (non-hydrogen) atoms. The van der Waals surface area contributed by atoms with Crippen LogP contribution in [-0.4, -0.2) is 11.3 Å². The van der Waals surface area contributed by atoms with Crippen LogP contribution in [0.2, 0.25) is 0 Å². The molecular weight excluding hydrogens is 195 g/mol. The summed E-state index contributed by atoms with van der Waals surface area (Å²) in [6, 6.07) is 4.84. The molecule has 0 saturated carbocycles. The molecule has 74 valence electrons. The minimum Gasteiger partial charge on any atom is -0.508 e. The van der Waals surface area contributed by atoms with Crippen molar-refractivity contribution < 1.29 is 18.3 Å². The van der Waals surface area contributed by atoms with Crippen LogP contribution in [0.1, 0.15) is 11.1 Å². The second kappa shape index (κ2) is 3.58. The Bertz CT molecular complexity index is 379. The molecular formula is C9H6F3NO. The van der Waals surface area contributed by atoms with Gasteiger partial charge in [0.15, 0.2) is 0 Å². The highest BCUT2D eigenvalue weighted by Gasteiger charge is 2.28. The van der Waals surface area contributed by atoms with Gasteiger partial charge in [-0.25, -0.2) is 0 Å². The molecule has 5 heteroatoms. The van der Waals surface area contributed by atoms with Crippen molar-refractivity contribution in [2.75, 3.05) is 0 Å². The van der Waals surface area contributed by atoms with E-state index in [0.717, 1.165) is 18.2 Å². The SMILES string of the molecule is N#Cc1cc(O)ccc1CC(F)(F)F. The Morgan fingerprint density at radius 2 is 2.00 bits per heavy atom. The van der Waals surface area contributed by atoms with Gasteiger partial charge in [0.25, 0.3) is 0 Å². The Morgan fingerprint density at radius 1 is 1.36 bits per heavy atom. The number of nitrogens with zero attached hydrogens (tertiary/aromatic N) is 1. The van der Waals surface area contributed by atoms with Crippen LogP contribution in [0.25, 0.3) is 0 Å². The van der Waals surface area contributed by atoms with Crippen molar-refractivity contribution in [2.24, 2.45) is 0 Å². The first-order valence-corrected chi connectivity index (χ1v) is 3.71. The van der Waals surface area contributed by atoms with Crippen molar-refractivity contribution in [3.8, 4) is 11.8 Å². The summed E-state index contributed by atoms with van der Waals surface area (Å²) in [4.78, 5) is 0. The van der Waals surface area contributed by atoms with E-state index in [9.17, 15) is 13.2 Å². The predicted octanol–water partition coefficient (Wildman–Crippen LogP) is 2.37. The van der Waals surface area contributed by atoms with Crippen LogP contribution in [0.4, 0.5) is 13.2 Å². The Balaban J connectivity index is 3.05. The van der Waals surface area contributed by atoms with Crippen molar-refractivity contribution in [1.29, 1.82) is 5.26 Å². The first-order valence-electron chi connectivity index (χ1n) is 3.71. The van der Waals surface area contributed by atoms with Gasteiger partial charge in [-0.15, -0.1) is 0 Å². The number of aromatic hydroxyl groups is 1. The highest BCUT2D eigenvalue weighted by molar-refractivity contribution is 5.43. The fourth-order valence-corrected chi connectivity index (χ4v) is 1.04. The van der Waals surface area contributed by atoms with E-state index in [0.29, 0.717) is 0 Å². The molecule has 0 atom stereocenters. The highest BCUT2D eigenvalue weighted by Crippen LogP contribution is 2.25. The fraction of sp³-hybridized carbons (Fsp3) is 0.222.